The Morgan fingerprint density at radius 3 is 2.65 bits per heavy atom. The number of anilines is 2. The molecule has 1 fully saturated rings. The SMILES string of the molecule is Cc1cccc(N2CCN(CCC(=O)Nc3ccc4c(c3F)CCNC4)CC2)c1.Cl.Cl. The van der Waals surface area contributed by atoms with Gasteiger partial charge in [-0.05, 0) is 54.8 Å². The number of carbonyl (C=O) groups excluding carboxylic acids is 1. The average molecular weight is 469 g/mol. The first kappa shape index (κ1) is 25.4. The number of halogens is 3. The summed E-state index contributed by atoms with van der Waals surface area (Å²) in [5.74, 6) is -0.400. The minimum Gasteiger partial charge on any atom is -0.369 e. The second-order valence-corrected chi connectivity index (χ2v) is 7.96. The lowest BCUT2D eigenvalue weighted by Crippen LogP contribution is -2.47. The molecule has 0 bridgehead atoms. The van der Waals surface area contributed by atoms with Crippen molar-refractivity contribution < 1.29 is 9.18 Å². The predicted octanol–water partition coefficient (Wildman–Crippen LogP) is 3.77. The summed E-state index contributed by atoms with van der Waals surface area (Å²) in [7, 11) is 0. The second-order valence-electron chi connectivity index (χ2n) is 7.96. The largest absolute Gasteiger partial charge is 0.369 e. The number of amides is 1. The van der Waals surface area contributed by atoms with Gasteiger partial charge < -0.3 is 15.5 Å². The first-order valence-electron chi connectivity index (χ1n) is 10.4. The van der Waals surface area contributed by atoms with E-state index in [9.17, 15) is 9.18 Å². The maximum Gasteiger partial charge on any atom is 0.225 e. The first-order valence-corrected chi connectivity index (χ1v) is 10.4. The molecule has 2 aliphatic heterocycles. The molecule has 0 aliphatic carbocycles. The number of piperazine rings is 1. The molecule has 0 saturated carbocycles. The summed E-state index contributed by atoms with van der Waals surface area (Å²) in [5.41, 5.74) is 4.56. The maximum atomic E-state index is 14.7. The third kappa shape index (κ3) is 6.32. The van der Waals surface area contributed by atoms with E-state index in [0.717, 1.165) is 43.9 Å². The van der Waals surface area contributed by atoms with Gasteiger partial charge in [-0.1, -0.05) is 18.2 Å². The molecule has 170 valence electrons. The topological polar surface area (TPSA) is 47.6 Å². The van der Waals surface area contributed by atoms with Crippen LogP contribution in [-0.2, 0) is 17.8 Å². The van der Waals surface area contributed by atoms with E-state index in [1.807, 2.05) is 6.07 Å². The number of rotatable bonds is 5. The highest BCUT2D eigenvalue weighted by Gasteiger charge is 2.20. The molecule has 0 spiro atoms. The molecule has 2 N–H and O–H groups in total. The molecule has 0 atom stereocenters. The number of nitrogens with zero attached hydrogens (tertiary/aromatic N) is 2. The molecule has 2 aliphatic rings. The molecule has 1 saturated heterocycles. The molecular formula is C23H31Cl2FN4O. The van der Waals surface area contributed by atoms with Crippen molar-refractivity contribution in [1.82, 2.24) is 10.2 Å². The van der Waals surface area contributed by atoms with Crippen LogP contribution in [0.25, 0.3) is 0 Å². The number of benzene rings is 2. The van der Waals surface area contributed by atoms with Gasteiger partial charge in [-0.3, -0.25) is 9.69 Å². The molecular weight excluding hydrogens is 438 g/mol. The lowest BCUT2D eigenvalue weighted by molar-refractivity contribution is -0.116. The number of nitrogens with one attached hydrogen (secondary N) is 2. The Bertz CT molecular complexity index is 888. The molecule has 0 aromatic heterocycles. The highest BCUT2D eigenvalue weighted by atomic mass is 35.5. The fraction of sp³-hybridized carbons (Fsp3) is 0.435. The molecule has 2 aromatic carbocycles. The lowest BCUT2D eigenvalue weighted by atomic mass is 9.99. The van der Waals surface area contributed by atoms with Crippen LogP contribution in [-0.4, -0.2) is 50.1 Å². The maximum absolute atomic E-state index is 14.7. The molecule has 2 heterocycles. The quantitative estimate of drug-likeness (QED) is 0.700. The third-order valence-electron chi connectivity index (χ3n) is 5.88. The van der Waals surface area contributed by atoms with Gasteiger partial charge in [0.15, 0.2) is 0 Å². The van der Waals surface area contributed by atoms with Crippen LogP contribution in [0.3, 0.4) is 0 Å². The molecule has 4 rings (SSSR count). The highest BCUT2D eigenvalue weighted by molar-refractivity contribution is 5.91. The predicted molar refractivity (Wildman–Crippen MR) is 129 cm³/mol. The summed E-state index contributed by atoms with van der Waals surface area (Å²) >= 11 is 0. The van der Waals surface area contributed by atoms with Crippen LogP contribution >= 0.6 is 24.8 Å². The zero-order valence-corrected chi connectivity index (χ0v) is 19.5. The summed E-state index contributed by atoms with van der Waals surface area (Å²) in [5, 5.41) is 6.01. The molecule has 2 aromatic rings. The minimum atomic E-state index is -0.274. The van der Waals surface area contributed by atoms with Crippen molar-refractivity contribution in [3.05, 3.63) is 58.9 Å². The Labute approximate surface area is 196 Å². The van der Waals surface area contributed by atoms with Crippen molar-refractivity contribution >= 4 is 42.1 Å². The summed E-state index contributed by atoms with van der Waals surface area (Å²) in [6, 6.07) is 12.2. The van der Waals surface area contributed by atoms with Crippen molar-refractivity contribution in [2.45, 2.75) is 26.3 Å². The van der Waals surface area contributed by atoms with Gasteiger partial charge in [-0.15, -0.1) is 24.8 Å². The Balaban J connectivity index is 0.00000171. The van der Waals surface area contributed by atoms with Crippen LogP contribution in [0.2, 0.25) is 0 Å². The van der Waals surface area contributed by atoms with Gasteiger partial charge in [0, 0.05) is 51.4 Å². The second kappa shape index (κ2) is 11.7. The molecule has 0 unspecified atom stereocenters. The zero-order valence-electron chi connectivity index (χ0n) is 17.8. The van der Waals surface area contributed by atoms with E-state index in [1.165, 1.54) is 11.3 Å². The normalized spacial score (nSPS) is 16.0. The highest BCUT2D eigenvalue weighted by Crippen LogP contribution is 2.24. The Kier molecular flexibility index (Phi) is 9.56. The van der Waals surface area contributed by atoms with Crippen LogP contribution in [0.5, 0.6) is 0 Å². The fourth-order valence-electron chi connectivity index (χ4n) is 4.16. The van der Waals surface area contributed by atoms with Crippen LogP contribution in [0.1, 0.15) is 23.1 Å². The number of fused-ring (bicyclic) bond motifs is 1. The lowest BCUT2D eigenvalue weighted by Gasteiger charge is -2.36. The number of hydrogen-bond donors (Lipinski definition) is 2. The fourth-order valence-corrected chi connectivity index (χ4v) is 4.16. The van der Waals surface area contributed by atoms with Crippen LogP contribution in [0.4, 0.5) is 15.8 Å². The standard InChI is InChI=1S/C23H29FN4O.2ClH/c1-17-3-2-4-19(15-17)28-13-11-27(12-14-28)10-8-22(29)26-21-6-5-18-16-25-9-7-20(18)23(21)24;;/h2-6,15,25H,7-14,16H2,1H3,(H,26,29);2*1H. The number of carbonyl (C=O) groups is 1. The summed E-state index contributed by atoms with van der Waals surface area (Å²) < 4.78 is 14.7. The first-order chi connectivity index (χ1) is 14.1. The van der Waals surface area contributed by atoms with E-state index in [-0.39, 0.29) is 36.5 Å². The van der Waals surface area contributed by atoms with E-state index in [1.54, 1.807) is 6.07 Å². The third-order valence-corrected chi connectivity index (χ3v) is 5.88. The Hall–Kier alpha value is -1.86. The summed E-state index contributed by atoms with van der Waals surface area (Å²) in [4.78, 5) is 17.1. The Morgan fingerprint density at radius 1 is 1.13 bits per heavy atom. The van der Waals surface area contributed by atoms with Crippen molar-refractivity contribution in [2.75, 3.05) is 49.5 Å². The van der Waals surface area contributed by atoms with E-state index >= 15 is 0 Å². The molecule has 31 heavy (non-hydrogen) atoms. The Morgan fingerprint density at radius 2 is 1.90 bits per heavy atom. The number of hydrogen-bond acceptors (Lipinski definition) is 4. The average Bonchev–Trinajstić information content (AvgIpc) is 2.75. The van der Waals surface area contributed by atoms with Crippen LogP contribution < -0.4 is 15.5 Å². The van der Waals surface area contributed by atoms with Gasteiger partial charge in [0.05, 0.1) is 5.69 Å². The van der Waals surface area contributed by atoms with Gasteiger partial charge in [0.25, 0.3) is 0 Å². The zero-order chi connectivity index (χ0) is 20.2. The molecule has 1 amide bonds. The van der Waals surface area contributed by atoms with Crippen molar-refractivity contribution in [3.8, 4) is 0 Å². The minimum absolute atomic E-state index is 0. The monoisotopic (exact) mass is 468 g/mol. The molecule has 5 nitrogen and oxygen atoms in total. The van der Waals surface area contributed by atoms with Gasteiger partial charge in [0.2, 0.25) is 5.91 Å². The molecule has 0 radical (unpaired) electrons. The van der Waals surface area contributed by atoms with Crippen LogP contribution in [0.15, 0.2) is 36.4 Å². The van der Waals surface area contributed by atoms with E-state index in [0.29, 0.717) is 31.6 Å². The summed E-state index contributed by atoms with van der Waals surface area (Å²) in [6.45, 7) is 8.05. The summed E-state index contributed by atoms with van der Waals surface area (Å²) in [6.07, 6.45) is 1.04. The van der Waals surface area contributed by atoms with Crippen molar-refractivity contribution in [2.24, 2.45) is 0 Å². The van der Waals surface area contributed by atoms with Gasteiger partial charge in [0.1, 0.15) is 5.82 Å². The molecule has 8 heteroatoms. The smallest absolute Gasteiger partial charge is 0.225 e. The van der Waals surface area contributed by atoms with Crippen molar-refractivity contribution in [3.63, 3.8) is 0 Å². The van der Waals surface area contributed by atoms with Gasteiger partial charge in [-0.25, -0.2) is 4.39 Å². The van der Waals surface area contributed by atoms with E-state index < -0.39 is 0 Å². The van der Waals surface area contributed by atoms with E-state index in [2.05, 4.69) is 51.6 Å². The van der Waals surface area contributed by atoms with Gasteiger partial charge in [-0.2, -0.15) is 0 Å². The van der Waals surface area contributed by atoms with Gasteiger partial charge >= 0.3 is 0 Å². The van der Waals surface area contributed by atoms with Crippen molar-refractivity contribution in [1.29, 1.82) is 0 Å². The van der Waals surface area contributed by atoms with Crippen LogP contribution in [0, 0.1) is 12.7 Å². The number of aryl methyl sites for hydroxylation is 1. The van der Waals surface area contributed by atoms with E-state index in [4.69, 9.17) is 0 Å².